The fourth-order valence-electron chi connectivity index (χ4n) is 2.99. The number of likely N-dealkylation sites (tertiary alicyclic amines) is 1. The Hall–Kier alpha value is -1.76. The van der Waals surface area contributed by atoms with Crippen LogP contribution in [0.2, 0.25) is 0 Å². The molecule has 0 spiro atoms. The zero-order valence-electron chi connectivity index (χ0n) is 14.6. The van der Waals surface area contributed by atoms with Gasteiger partial charge in [-0.2, -0.15) is 13.2 Å². The van der Waals surface area contributed by atoms with Crippen LogP contribution >= 0.6 is 0 Å². The van der Waals surface area contributed by atoms with E-state index < -0.39 is 12.6 Å². The number of nitrogens with zero attached hydrogens (tertiary/aromatic N) is 2. The van der Waals surface area contributed by atoms with E-state index in [1.54, 1.807) is 0 Å². The fourth-order valence-corrected chi connectivity index (χ4v) is 2.99. The van der Waals surface area contributed by atoms with Gasteiger partial charge < -0.3 is 10.6 Å². The Labute approximate surface area is 147 Å². The quantitative estimate of drug-likeness (QED) is 0.582. The molecule has 1 aliphatic heterocycles. The Kier molecular flexibility index (Phi) is 7.55. The first-order valence-electron chi connectivity index (χ1n) is 8.85. The molecular formula is C18H27F3N4. The number of hydrogen-bond acceptors (Lipinski definition) is 2. The Morgan fingerprint density at radius 3 is 2.68 bits per heavy atom. The second-order valence-electron chi connectivity index (χ2n) is 6.26. The van der Waals surface area contributed by atoms with Crippen LogP contribution in [0.3, 0.4) is 0 Å². The summed E-state index contributed by atoms with van der Waals surface area (Å²) >= 11 is 0. The largest absolute Gasteiger partial charge is 0.390 e. The normalized spacial score (nSPS) is 19.2. The van der Waals surface area contributed by atoms with Gasteiger partial charge in [0.15, 0.2) is 5.96 Å². The number of alkyl halides is 3. The number of benzene rings is 1. The number of halogens is 3. The van der Waals surface area contributed by atoms with Crippen LogP contribution in [-0.2, 0) is 6.54 Å². The first-order valence-corrected chi connectivity index (χ1v) is 8.85. The second kappa shape index (κ2) is 9.65. The molecule has 1 saturated heterocycles. The summed E-state index contributed by atoms with van der Waals surface area (Å²) in [5, 5.41) is 5.78. The molecule has 4 nitrogen and oxygen atoms in total. The summed E-state index contributed by atoms with van der Waals surface area (Å²) in [6.45, 7) is 4.88. The van der Waals surface area contributed by atoms with Crippen molar-refractivity contribution in [3.63, 3.8) is 0 Å². The summed E-state index contributed by atoms with van der Waals surface area (Å²) in [7, 11) is 0. The van der Waals surface area contributed by atoms with Gasteiger partial charge in [-0.1, -0.05) is 30.3 Å². The van der Waals surface area contributed by atoms with Crippen LogP contribution in [0.15, 0.2) is 35.3 Å². The number of hydrogen-bond donors (Lipinski definition) is 2. The first-order chi connectivity index (χ1) is 12.0. The van der Waals surface area contributed by atoms with E-state index in [9.17, 15) is 13.2 Å². The molecule has 1 aromatic rings. The molecule has 0 aliphatic carbocycles. The van der Waals surface area contributed by atoms with E-state index in [1.807, 2.05) is 25.1 Å². The minimum absolute atomic E-state index is 0.159. The highest BCUT2D eigenvalue weighted by molar-refractivity contribution is 5.79. The molecule has 0 saturated carbocycles. The van der Waals surface area contributed by atoms with Crippen LogP contribution in [0.5, 0.6) is 0 Å². The minimum atomic E-state index is -4.15. The van der Waals surface area contributed by atoms with Crippen molar-refractivity contribution in [3.05, 3.63) is 35.9 Å². The van der Waals surface area contributed by atoms with Crippen molar-refractivity contribution in [1.29, 1.82) is 0 Å². The molecule has 0 amide bonds. The van der Waals surface area contributed by atoms with E-state index in [0.717, 1.165) is 25.9 Å². The summed E-state index contributed by atoms with van der Waals surface area (Å²) < 4.78 is 36.8. The number of rotatable bonds is 7. The van der Waals surface area contributed by atoms with E-state index in [-0.39, 0.29) is 6.54 Å². The third-order valence-corrected chi connectivity index (χ3v) is 4.23. The summed E-state index contributed by atoms with van der Waals surface area (Å²) in [6, 6.07) is 10.6. The van der Waals surface area contributed by atoms with Crippen molar-refractivity contribution in [2.75, 3.05) is 26.2 Å². The molecule has 0 radical (unpaired) electrons. The highest BCUT2D eigenvalue weighted by Crippen LogP contribution is 2.20. The monoisotopic (exact) mass is 356 g/mol. The third-order valence-electron chi connectivity index (χ3n) is 4.23. The van der Waals surface area contributed by atoms with Gasteiger partial charge >= 0.3 is 6.18 Å². The maximum Gasteiger partial charge on any atom is 0.390 e. The van der Waals surface area contributed by atoms with Gasteiger partial charge in [0.1, 0.15) is 0 Å². The number of aliphatic imine (C=N–C) groups is 1. The fraction of sp³-hybridized carbons (Fsp3) is 0.611. The van der Waals surface area contributed by atoms with Gasteiger partial charge in [-0.05, 0) is 31.9 Å². The molecule has 1 aromatic carbocycles. The predicted molar refractivity (Wildman–Crippen MR) is 94.5 cm³/mol. The topological polar surface area (TPSA) is 39.7 Å². The van der Waals surface area contributed by atoms with E-state index >= 15 is 0 Å². The van der Waals surface area contributed by atoms with Gasteiger partial charge in [-0.15, -0.1) is 0 Å². The minimum Gasteiger partial charge on any atom is -0.357 e. The second-order valence-corrected chi connectivity index (χ2v) is 6.26. The van der Waals surface area contributed by atoms with Crippen molar-refractivity contribution < 1.29 is 13.2 Å². The van der Waals surface area contributed by atoms with Gasteiger partial charge in [0.25, 0.3) is 0 Å². The van der Waals surface area contributed by atoms with Gasteiger partial charge in [0.2, 0.25) is 0 Å². The zero-order chi connectivity index (χ0) is 18.1. The van der Waals surface area contributed by atoms with E-state index in [0.29, 0.717) is 25.1 Å². The van der Waals surface area contributed by atoms with Crippen molar-refractivity contribution in [3.8, 4) is 0 Å². The van der Waals surface area contributed by atoms with Crippen LogP contribution in [-0.4, -0.2) is 49.3 Å². The maximum absolute atomic E-state index is 12.3. The summed E-state index contributed by atoms with van der Waals surface area (Å²) in [5.74, 6) is 0.457. The zero-order valence-corrected chi connectivity index (χ0v) is 14.6. The highest BCUT2D eigenvalue weighted by atomic mass is 19.4. The Bertz CT molecular complexity index is 531. The molecule has 1 unspecified atom stereocenters. The molecule has 2 rings (SSSR count). The van der Waals surface area contributed by atoms with Crippen LogP contribution in [0.4, 0.5) is 13.2 Å². The Morgan fingerprint density at radius 1 is 1.24 bits per heavy atom. The molecule has 140 valence electrons. The molecule has 0 aromatic heterocycles. The number of nitrogens with one attached hydrogen (secondary N) is 2. The molecule has 0 bridgehead atoms. The lowest BCUT2D eigenvalue weighted by atomic mass is 10.2. The van der Waals surface area contributed by atoms with Gasteiger partial charge in [-0.3, -0.25) is 9.89 Å². The lowest BCUT2D eigenvalue weighted by Gasteiger charge is -2.23. The maximum atomic E-state index is 12.3. The molecule has 25 heavy (non-hydrogen) atoms. The van der Waals surface area contributed by atoms with E-state index in [2.05, 4.69) is 32.7 Å². The summed E-state index contributed by atoms with van der Waals surface area (Å²) in [6.07, 6.45) is -2.81. The predicted octanol–water partition coefficient (Wildman–Crippen LogP) is 3.16. The molecule has 7 heteroatoms. The molecule has 1 heterocycles. The van der Waals surface area contributed by atoms with Crippen LogP contribution in [0, 0.1) is 0 Å². The Morgan fingerprint density at radius 2 is 2.00 bits per heavy atom. The smallest absolute Gasteiger partial charge is 0.357 e. The molecule has 1 atom stereocenters. The van der Waals surface area contributed by atoms with Crippen molar-refractivity contribution in [2.45, 2.75) is 44.9 Å². The van der Waals surface area contributed by atoms with Crippen LogP contribution in [0.1, 0.15) is 31.7 Å². The average molecular weight is 356 g/mol. The molecular weight excluding hydrogens is 329 g/mol. The van der Waals surface area contributed by atoms with Crippen molar-refractivity contribution in [2.24, 2.45) is 4.99 Å². The van der Waals surface area contributed by atoms with E-state index in [1.165, 1.54) is 5.56 Å². The average Bonchev–Trinajstić information content (AvgIpc) is 2.99. The highest BCUT2D eigenvalue weighted by Gasteiger charge is 2.27. The molecule has 1 fully saturated rings. The van der Waals surface area contributed by atoms with Crippen molar-refractivity contribution >= 4 is 5.96 Å². The molecule has 1 aliphatic rings. The van der Waals surface area contributed by atoms with Gasteiger partial charge in [0.05, 0.1) is 13.0 Å². The van der Waals surface area contributed by atoms with Crippen LogP contribution < -0.4 is 10.6 Å². The van der Waals surface area contributed by atoms with Crippen molar-refractivity contribution in [1.82, 2.24) is 15.5 Å². The van der Waals surface area contributed by atoms with E-state index in [4.69, 9.17) is 0 Å². The first kappa shape index (κ1) is 19.6. The lowest BCUT2D eigenvalue weighted by molar-refractivity contribution is -0.132. The van der Waals surface area contributed by atoms with Gasteiger partial charge in [-0.25, -0.2) is 0 Å². The lowest BCUT2D eigenvalue weighted by Crippen LogP contribution is -2.40. The standard InChI is InChI=1S/C18H27F3N4/c1-2-22-17(23-11-10-18(19,20)21)24-13-16-9-6-12-25(16)14-15-7-4-3-5-8-15/h3-5,7-8,16H,2,6,9-14H2,1H3,(H2,22,23,24). The SMILES string of the molecule is CCNC(=NCC1CCCN1Cc1ccccc1)NCCC(F)(F)F. The van der Waals surface area contributed by atoms with Gasteiger partial charge in [0, 0.05) is 25.7 Å². The third kappa shape index (κ3) is 7.34. The van der Waals surface area contributed by atoms with Crippen LogP contribution in [0.25, 0.3) is 0 Å². The number of guanidine groups is 1. The summed E-state index contributed by atoms with van der Waals surface area (Å²) in [5.41, 5.74) is 1.27. The summed E-state index contributed by atoms with van der Waals surface area (Å²) in [4.78, 5) is 6.89. The Balaban J connectivity index is 1.86. The molecule has 2 N–H and O–H groups in total.